The number of nitrogens with zero attached hydrogens (tertiary/aromatic N) is 1. The number of aromatic nitrogens is 1. The average molecular weight is 364 g/mol. The summed E-state index contributed by atoms with van der Waals surface area (Å²) in [7, 11) is 0. The monoisotopic (exact) mass is 363 g/mol. The lowest BCUT2D eigenvalue weighted by Crippen LogP contribution is -2.48. The van der Waals surface area contributed by atoms with Gasteiger partial charge in [0, 0.05) is 48.4 Å². The molecule has 0 bridgehead atoms. The maximum Gasteiger partial charge on any atom is 0.220 e. The van der Waals surface area contributed by atoms with Crippen LogP contribution in [-0.2, 0) is 11.2 Å². The van der Waals surface area contributed by atoms with E-state index in [1.807, 2.05) is 24.3 Å². The van der Waals surface area contributed by atoms with E-state index in [2.05, 4.69) is 31.5 Å². The van der Waals surface area contributed by atoms with Crippen molar-refractivity contribution in [2.24, 2.45) is 5.92 Å². The third-order valence-corrected chi connectivity index (χ3v) is 4.40. The van der Waals surface area contributed by atoms with Crippen LogP contribution in [0.25, 0.3) is 11.3 Å². The molecule has 2 N–H and O–H groups in total. The Balaban J connectivity index is 1.51. The number of amides is 1. The van der Waals surface area contributed by atoms with E-state index in [4.69, 9.17) is 4.42 Å². The molecule has 5 nitrogen and oxygen atoms in total. The molecule has 2 heterocycles. The number of hydrogen-bond donors (Lipinski definition) is 2. The van der Waals surface area contributed by atoms with Crippen LogP contribution in [0, 0.1) is 5.92 Å². The van der Waals surface area contributed by atoms with E-state index >= 15 is 0 Å². The van der Waals surface area contributed by atoms with Gasteiger partial charge in [0.15, 0.2) is 11.7 Å². The van der Waals surface area contributed by atoms with Gasteiger partial charge >= 0.3 is 0 Å². The summed E-state index contributed by atoms with van der Waals surface area (Å²) in [6.45, 7) is 2.74. The van der Waals surface area contributed by atoms with Crippen molar-refractivity contribution in [1.29, 1.82) is 0 Å². The van der Waals surface area contributed by atoms with Crippen molar-refractivity contribution >= 4 is 21.8 Å². The summed E-state index contributed by atoms with van der Waals surface area (Å²) in [5.41, 5.74) is 0.961. The Kier molecular flexibility index (Phi) is 4.90. The van der Waals surface area contributed by atoms with Gasteiger partial charge in [0.1, 0.15) is 0 Å². The van der Waals surface area contributed by atoms with Crippen molar-refractivity contribution < 1.29 is 9.21 Å². The highest BCUT2D eigenvalue weighted by Crippen LogP contribution is 2.28. The molecule has 0 spiro atoms. The molecular formula is C16H18BrN3O2. The van der Waals surface area contributed by atoms with Gasteiger partial charge in [-0.1, -0.05) is 34.1 Å². The van der Waals surface area contributed by atoms with E-state index < -0.39 is 0 Å². The lowest BCUT2D eigenvalue weighted by atomic mass is 10.0. The summed E-state index contributed by atoms with van der Waals surface area (Å²) in [5.74, 6) is 1.93. The fourth-order valence-electron chi connectivity index (χ4n) is 2.27. The molecule has 0 saturated carbocycles. The van der Waals surface area contributed by atoms with E-state index in [-0.39, 0.29) is 5.91 Å². The molecule has 1 amide bonds. The van der Waals surface area contributed by atoms with Gasteiger partial charge in [0.2, 0.25) is 5.91 Å². The van der Waals surface area contributed by atoms with Gasteiger partial charge in [-0.2, -0.15) is 0 Å². The molecular weight excluding hydrogens is 346 g/mol. The minimum Gasteiger partial charge on any atom is -0.441 e. The summed E-state index contributed by atoms with van der Waals surface area (Å²) < 4.78 is 6.69. The summed E-state index contributed by atoms with van der Waals surface area (Å²) in [5, 5.41) is 6.13. The van der Waals surface area contributed by atoms with E-state index in [1.54, 1.807) is 6.20 Å². The second-order valence-corrected chi connectivity index (χ2v) is 6.28. The topological polar surface area (TPSA) is 67.2 Å². The predicted molar refractivity (Wildman–Crippen MR) is 87.3 cm³/mol. The molecule has 22 heavy (non-hydrogen) atoms. The van der Waals surface area contributed by atoms with Gasteiger partial charge in [-0.15, -0.1) is 0 Å². The summed E-state index contributed by atoms with van der Waals surface area (Å²) in [6, 6.07) is 7.83. The number of aryl methyl sites for hydroxylation is 1. The number of oxazole rings is 1. The molecule has 2 aromatic rings. The molecule has 0 atom stereocenters. The van der Waals surface area contributed by atoms with Gasteiger partial charge in [-0.25, -0.2) is 4.98 Å². The van der Waals surface area contributed by atoms with Crippen LogP contribution < -0.4 is 10.6 Å². The molecule has 1 aliphatic heterocycles. The van der Waals surface area contributed by atoms with Crippen molar-refractivity contribution in [2.75, 3.05) is 19.6 Å². The lowest BCUT2D eigenvalue weighted by molar-refractivity contribution is -0.121. The highest BCUT2D eigenvalue weighted by molar-refractivity contribution is 9.10. The van der Waals surface area contributed by atoms with E-state index in [9.17, 15) is 4.79 Å². The average Bonchev–Trinajstić information content (AvgIpc) is 2.93. The summed E-state index contributed by atoms with van der Waals surface area (Å²) in [4.78, 5) is 16.0. The number of benzene rings is 1. The first kappa shape index (κ1) is 15.2. The van der Waals surface area contributed by atoms with Crippen LogP contribution in [0.15, 0.2) is 39.4 Å². The quantitative estimate of drug-likeness (QED) is 0.826. The Hall–Kier alpha value is -1.66. The number of halogens is 1. The van der Waals surface area contributed by atoms with Crippen LogP contribution >= 0.6 is 15.9 Å². The standard InChI is InChI=1S/C16H18BrN3O2/c17-13-4-2-1-3-12(13)14-10-20-16(22-14)6-5-15(21)19-9-11-7-18-8-11/h1-4,10-11,18H,5-9H2,(H,19,21). The Bertz CT molecular complexity index is 652. The Morgan fingerprint density at radius 2 is 2.23 bits per heavy atom. The highest BCUT2D eigenvalue weighted by Gasteiger charge is 2.17. The molecule has 1 aliphatic rings. The van der Waals surface area contributed by atoms with Crippen LogP contribution in [-0.4, -0.2) is 30.5 Å². The van der Waals surface area contributed by atoms with Crippen LogP contribution in [0.2, 0.25) is 0 Å². The van der Waals surface area contributed by atoms with Crippen molar-refractivity contribution in [3.05, 3.63) is 40.8 Å². The second-order valence-electron chi connectivity index (χ2n) is 5.43. The summed E-state index contributed by atoms with van der Waals surface area (Å²) >= 11 is 3.49. The molecule has 0 aliphatic carbocycles. The number of rotatable bonds is 6. The van der Waals surface area contributed by atoms with E-state index in [1.165, 1.54) is 0 Å². The third-order valence-electron chi connectivity index (χ3n) is 3.71. The van der Waals surface area contributed by atoms with Gasteiger partial charge in [0.05, 0.1) is 6.20 Å². The SMILES string of the molecule is O=C(CCc1ncc(-c2ccccc2Br)o1)NCC1CNC1. The molecule has 0 unspecified atom stereocenters. The van der Waals surface area contributed by atoms with Crippen LogP contribution in [0.4, 0.5) is 0 Å². The van der Waals surface area contributed by atoms with E-state index in [0.29, 0.717) is 30.4 Å². The molecule has 116 valence electrons. The van der Waals surface area contributed by atoms with Crippen LogP contribution in [0.3, 0.4) is 0 Å². The van der Waals surface area contributed by atoms with Gasteiger partial charge in [-0.05, 0) is 6.07 Å². The Morgan fingerprint density at radius 1 is 1.41 bits per heavy atom. The molecule has 3 rings (SSSR count). The van der Waals surface area contributed by atoms with Gasteiger partial charge in [-0.3, -0.25) is 4.79 Å². The van der Waals surface area contributed by atoms with Crippen molar-refractivity contribution in [3.63, 3.8) is 0 Å². The largest absolute Gasteiger partial charge is 0.441 e. The molecule has 1 aromatic carbocycles. The first-order chi connectivity index (χ1) is 10.7. The fourth-order valence-corrected chi connectivity index (χ4v) is 2.75. The fraction of sp³-hybridized carbons (Fsp3) is 0.375. The highest BCUT2D eigenvalue weighted by atomic mass is 79.9. The zero-order valence-electron chi connectivity index (χ0n) is 12.1. The smallest absolute Gasteiger partial charge is 0.220 e. The molecule has 1 fully saturated rings. The first-order valence-electron chi connectivity index (χ1n) is 7.39. The number of carbonyl (C=O) groups is 1. The number of hydrogen-bond acceptors (Lipinski definition) is 4. The normalized spacial score (nSPS) is 14.6. The van der Waals surface area contributed by atoms with E-state index in [0.717, 1.165) is 29.7 Å². The summed E-state index contributed by atoms with van der Waals surface area (Å²) in [6.07, 6.45) is 2.61. The first-order valence-corrected chi connectivity index (χ1v) is 8.18. The second kappa shape index (κ2) is 7.07. The zero-order chi connectivity index (χ0) is 15.4. The van der Waals surface area contributed by atoms with Crippen LogP contribution in [0.1, 0.15) is 12.3 Å². The van der Waals surface area contributed by atoms with Crippen molar-refractivity contribution in [1.82, 2.24) is 15.6 Å². The number of nitrogens with one attached hydrogen (secondary N) is 2. The van der Waals surface area contributed by atoms with Gasteiger partial charge < -0.3 is 15.1 Å². The third kappa shape index (κ3) is 3.75. The molecule has 1 aromatic heterocycles. The van der Waals surface area contributed by atoms with Crippen LogP contribution in [0.5, 0.6) is 0 Å². The number of carbonyl (C=O) groups excluding carboxylic acids is 1. The predicted octanol–water partition coefficient (Wildman–Crippen LogP) is 2.37. The molecule has 6 heteroatoms. The minimum absolute atomic E-state index is 0.0486. The lowest BCUT2D eigenvalue weighted by Gasteiger charge is -2.27. The Morgan fingerprint density at radius 3 is 2.95 bits per heavy atom. The maximum absolute atomic E-state index is 11.8. The Labute approximate surface area is 137 Å². The maximum atomic E-state index is 11.8. The molecule has 1 saturated heterocycles. The van der Waals surface area contributed by atoms with Crippen molar-refractivity contribution in [3.8, 4) is 11.3 Å². The minimum atomic E-state index is 0.0486. The van der Waals surface area contributed by atoms with Crippen molar-refractivity contribution in [2.45, 2.75) is 12.8 Å². The zero-order valence-corrected chi connectivity index (χ0v) is 13.7. The molecule has 0 radical (unpaired) electrons. The van der Waals surface area contributed by atoms with Gasteiger partial charge in [0.25, 0.3) is 0 Å².